The van der Waals surface area contributed by atoms with Gasteiger partial charge in [0.1, 0.15) is 0 Å². The maximum atomic E-state index is 2.44. The zero-order valence-electron chi connectivity index (χ0n) is 23.8. The Kier molecular flexibility index (Phi) is 16.4. The van der Waals surface area contributed by atoms with Gasteiger partial charge in [-0.1, -0.05) is 81.4 Å². The number of hydrogen-bond donors (Lipinski definition) is 0. The zero-order chi connectivity index (χ0) is 25.6. The quantitative estimate of drug-likeness (QED) is 0.0985. The van der Waals surface area contributed by atoms with Crippen molar-refractivity contribution in [3.05, 3.63) is 72.8 Å². The summed E-state index contributed by atoms with van der Waals surface area (Å²) in [6.45, 7) is 9.20. The van der Waals surface area contributed by atoms with Crippen molar-refractivity contribution >= 4 is 48.0 Å². The molecule has 4 rings (SSSR count). The van der Waals surface area contributed by atoms with Gasteiger partial charge in [0, 0.05) is 0 Å². The van der Waals surface area contributed by atoms with Gasteiger partial charge in [-0.05, 0) is 50.3 Å². The van der Waals surface area contributed by atoms with Crippen LogP contribution in [0.15, 0.2) is 72.8 Å². The second kappa shape index (κ2) is 18.6. The summed E-state index contributed by atoms with van der Waals surface area (Å²) < 4.78 is 0. The number of unbranched alkanes of at least 4 members (excludes halogenated alkanes) is 4. The fourth-order valence-electron chi connectivity index (χ4n) is 4.77. The van der Waals surface area contributed by atoms with E-state index < -0.39 is 0 Å². The van der Waals surface area contributed by atoms with Crippen LogP contribution in [-0.4, -0.2) is 24.6 Å². The van der Waals surface area contributed by atoms with Crippen LogP contribution in [0.1, 0.15) is 79.1 Å². The second-order valence-corrected chi connectivity index (χ2v) is 15.1. The third kappa shape index (κ3) is 10.5. The molecule has 0 aliphatic carbocycles. The third-order valence-corrected chi connectivity index (χ3v) is 12.5. The van der Waals surface area contributed by atoms with Gasteiger partial charge in [-0.25, -0.2) is 0 Å². The largest absolute Gasteiger partial charge is 2.00 e. The molecule has 37 heavy (non-hydrogen) atoms. The van der Waals surface area contributed by atoms with Gasteiger partial charge in [-0.15, -0.1) is 80.7 Å². The molecule has 0 saturated heterocycles. The van der Waals surface area contributed by atoms with Crippen molar-refractivity contribution in [2.45, 2.75) is 79.1 Å². The maximum Gasteiger partial charge on any atom is 2.00 e. The molecule has 0 heterocycles. The van der Waals surface area contributed by atoms with E-state index in [4.69, 9.17) is 0 Å². The van der Waals surface area contributed by atoms with E-state index in [-0.39, 0.29) is 42.0 Å². The molecule has 0 atom stereocenters. The van der Waals surface area contributed by atoms with Crippen LogP contribution in [0.5, 0.6) is 0 Å². The monoisotopic (exact) mass is 608 g/mol. The van der Waals surface area contributed by atoms with Crippen LogP contribution >= 0.6 is 15.8 Å². The molecule has 0 radical (unpaired) electrons. The minimum absolute atomic E-state index is 0. The molecule has 0 amide bonds. The Balaban J connectivity index is 0.000000253. The van der Waals surface area contributed by atoms with Gasteiger partial charge in [-0.2, -0.15) is 12.1 Å². The molecule has 0 nitrogen and oxygen atoms in total. The van der Waals surface area contributed by atoms with Gasteiger partial charge in [0.25, 0.3) is 0 Å². The maximum absolute atomic E-state index is 2.44. The van der Waals surface area contributed by atoms with Crippen LogP contribution in [0.25, 0.3) is 21.5 Å². The van der Waals surface area contributed by atoms with Gasteiger partial charge < -0.3 is 0 Å². The third-order valence-electron chi connectivity index (χ3n) is 7.06. The smallest absolute Gasteiger partial charge is 0.161 e. The summed E-state index contributed by atoms with van der Waals surface area (Å²) in [6, 6.07) is 27.3. The second-order valence-electron chi connectivity index (χ2n) is 10.1. The molecule has 0 aliphatic rings. The number of hydrogen-bond acceptors (Lipinski definition) is 0. The number of fused-ring (bicyclic) bond motifs is 2. The van der Waals surface area contributed by atoms with E-state index in [1.807, 2.05) is 0 Å². The molecular weight excluding hydrogens is 562 g/mol. The van der Waals surface area contributed by atoms with E-state index in [9.17, 15) is 0 Å². The van der Waals surface area contributed by atoms with Crippen molar-refractivity contribution in [2.75, 3.05) is 24.6 Å². The summed E-state index contributed by atoms with van der Waals surface area (Å²) in [6.07, 6.45) is 16.5. The summed E-state index contributed by atoms with van der Waals surface area (Å²) >= 11 is 0. The van der Waals surface area contributed by atoms with E-state index in [1.54, 1.807) is 10.6 Å². The van der Waals surface area contributed by atoms with E-state index in [0.717, 1.165) is 0 Å². The normalized spacial score (nSPS) is 11.2. The summed E-state index contributed by atoms with van der Waals surface area (Å²) in [4.78, 5) is 0. The Morgan fingerprint density at radius 2 is 0.838 bits per heavy atom. The Morgan fingerprint density at radius 1 is 0.514 bits per heavy atom. The molecule has 4 aromatic carbocycles. The number of rotatable bonds is 14. The van der Waals surface area contributed by atoms with Crippen molar-refractivity contribution in [1.29, 1.82) is 0 Å². The number of benzene rings is 2. The molecule has 0 N–H and O–H groups in total. The zero-order valence-corrected chi connectivity index (χ0v) is 28.1. The van der Waals surface area contributed by atoms with Crippen molar-refractivity contribution in [2.24, 2.45) is 0 Å². The molecular formula is C34H48P2Zr. The van der Waals surface area contributed by atoms with Crippen molar-refractivity contribution < 1.29 is 26.2 Å². The van der Waals surface area contributed by atoms with Crippen molar-refractivity contribution in [1.82, 2.24) is 0 Å². The van der Waals surface area contributed by atoms with E-state index in [2.05, 4.69) is 100 Å². The predicted molar refractivity (Wildman–Crippen MR) is 171 cm³/mol. The fraction of sp³-hybridized carbons (Fsp3) is 0.471. The van der Waals surface area contributed by atoms with Crippen molar-refractivity contribution in [3.8, 4) is 0 Å². The Hall–Kier alpha value is -0.597. The van der Waals surface area contributed by atoms with Crippen LogP contribution in [0, 0.1) is 0 Å². The van der Waals surface area contributed by atoms with Crippen molar-refractivity contribution in [3.63, 3.8) is 0 Å². The summed E-state index contributed by atoms with van der Waals surface area (Å²) in [5.74, 6) is 0. The average molecular weight is 610 g/mol. The minimum atomic E-state index is 0. The summed E-state index contributed by atoms with van der Waals surface area (Å²) in [5.41, 5.74) is 0. The first-order chi connectivity index (χ1) is 17.7. The van der Waals surface area contributed by atoms with E-state index in [1.165, 1.54) is 97.6 Å². The SMILES string of the molecule is CCCCP(CCCC)c1cc2ccccc2[cH-]1.CCCCP(CCCC)c1cc2ccccc2[cH-]1.[Zr+2]. The Labute approximate surface area is 249 Å². The Bertz CT molecular complexity index is 953. The van der Waals surface area contributed by atoms with Gasteiger partial charge >= 0.3 is 26.2 Å². The molecule has 198 valence electrons. The van der Waals surface area contributed by atoms with Crippen LogP contribution in [-0.2, 0) is 26.2 Å². The summed E-state index contributed by atoms with van der Waals surface area (Å²) in [5, 5.41) is 8.96. The average Bonchev–Trinajstić information content (AvgIpc) is 3.53. The fourth-order valence-corrected chi connectivity index (χ4v) is 10.3. The molecule has 0 saturated carbocycles. The molecule has 0 fully saturated rings. The van der Waals surface area contributed by atoms with Crippen LogP contribution < -0.4 is 10.6 Å². The molecule has 3 heteroatoms. The van der Waals surface area contributed by atoms with E-state index >= 15 is 0 Å². The Morgan fingerprint density at radius 3 is 1.14 bits per heavy atom. The standard InChI is InChI=1S/2C17H24P.Zr/c2*1-3-5-11-18(12-6-4-2)17-13-15-9-7-8-10-16(15)14-17;/h2*7-10,13-14H,3-6,11-12H2,1-2H3;/q2*-1;+2. The van der Waals surface area contributed by atoms with Crippen LogP contribution in [0.3, 0.4) is 0 Å². The minimum Gasteiger partial charge on any atom is -0.161 e. The first kappa shape index (κ1) is 32.6. The summed E-state index contributed by atoms with van der Waals surface area (Å²) in [7, 11) is 0.171. The molecule has 0 aromatic heterocycles. The van der Waals surface area contributed by atoms with Gasteiger partial charge in [0.2, 0.25) is 0 Å². The first-order valence-electron chi connectivity index (χ1n) is 14.5. The van der Waals surface area contributed by atoms with Crippen LogP contribution in [0.4, 0.5) is 0 Å². The first-order valence-corrected chi connectivity index (χ1v) is 17.9. The molecule has 4 aromatic rings. The van der Waals surface area contributed by atoms with E-state index in [0.29, 0.717) is 0 Å². The predicted octanol–water partition coefficient (Wildman–Crippen LogP) is 10.5. The molecule has 0 unspecified atom stereocenters. The molecule has 0 spiro atoms. The van der Waals surface area contributed by atoms with Gasteiger partial charge in [0.05, 0.1) is 0 Å². The topological polar surface area (TPSA) is 0 Å². The van der Waals surface area contributed by atoms with Crippen LogP contribution in [0.2, 0.25) is 0 Å². The van der Waals surface area contributed by atoms with Gasteiger partial charge in [-0.3, -0.25) is 0 Å². The van der Waals surface area contributed by atoms with Gasteiger partial charge in [0.15, 0.2) is 0 Å². The molecule has 0 bridgehead atoms. The molecule has 0 aliphatic heterocycles.